The monoisotopic (exact) mass is 219 g/mol. The van der Waals surface area contributed by atoms with Crippen LogP contribution >= 0.6 is 0 Å². The lowest BCUT2D eigenvalue weighted by molar-refractivity contribution is -0.120. The highest BCUT2D eigenvalue weighted by atomic mass is 16.2. The molecule has 84 valence electrons. The molecule has 1 N–H and O–H groups in total. The Labute approximate surface area is 93.5 Å². The summed E-state index contributed by atoms with van der Waals surface area (Å²) in [5.41, 5.74) is 1.72. The van der Waals surface area contributed by atoms with E-state index in [2.05, 4.69) is 10.3 Å². The molecule has 3 amide bonds. The van der Waals surface area contributed by atoms with Gasteiger partial charge in [-0.1, -0.05) is 6.92 Å². The standard InChI is InChI=1S/C11H13N3O2/c1-2-8-7-9(3-5-12-8)14-6-4-10(15)13-11(14)16/h3,5,7H,2,4,6H2,1H3,(H,13,15,16). The number of carbonyl (C=O) groups excluding carboxylic acids is 2. The summed E-state index contributed by atoms with van der Waals surface area (Å²) in [7, 11) is 0. The summed E-state index contributed by atoms with van der Waals surface area (Å²) in [6, 6.07) is 3.29. The summed E-state index contributed by atoms with van der Waals surface area (Å²) in [5, 5.41) is 2.29. The van der Waals surface area contributed by atoms with Gasteiger partial charge in [0.05, 0.1) is 0 Å². The van der Waals surface area contributed by atoms with E-state index in [1.54, 1.807) is 17.2 Å². The summed E-state index contributed by atoms with van der Waals surface area (Å²) >= 11 is 0. The summed E-state index contributed by atoms with van der Waals surface area (Å²) < 4.78 is 0. The number of carbonyl (C=O) groups is 2. The lowest BCUT2D eigenvalue weighted by atomic mass is 10.2. The van der Waals surface area contributed by atoms with E-state index in [0.717, 1.165) is 17.8 Å². The van der Waals surface area contributed by atoms with Gasteiger partial charge >= 0.3 is 6.03 Å². The highest BCUT2D eigenvalue weighted by Crippen LogP contribution is 2.17. The van der Waals surface area contributed by atoms with Gasteiger partial charge in [-0.15, -0.1) is 0 Å². The molecule has 1 aromatic heterocycles. The van der Waals surface area contributed by atoms with Crippen LogP contribution < -0.4 is 10.2 Å². The minimum absolute atomic E-state index is 0.217. The zero-order valence-corrected chi connectivity index (χ0v) is 9.06. The second-order valence-electron chi connectivity index (χ2n) is 3.61. The van der Waals surface area contributed by atoms with Crippen LogP contribution in [0.5, 0.6) is 0 Å². The van der Waals surface area contributed by atoms with Gasteiger partial charge in [-0.25, -0.2) is 4.79 Å². The molecular weight excluding hydrogens is 206 g/mol. The second-order valence-corrected chi connectivity index (χ2v) is 3.61. The number of rotatable bonds is 2. The number of nitrogens with one attached hydrogen (secondary N) is 1. The van der Waals surface area contributed by atoms with Crippen LogP contribution in [-0.2, 0) is 11.2 Å². The van der Waals surface area contributed by atoms with Crippen molar-refractivity contribution in [1.82, 2.24) is 10.3 Å². The fraction of sp³-hybridized carbons (Fsp3) is 0.364. The van der Waals surface area contributed by atoms with E-state index in [1.807, 2.05) is 13.0 Å². The predicted octanol–water partition coefficient (Wildman–Crippen LogP) is 1.09. The second kappa shape index (κ2) is 4.30. The molecular formula is C11H13N3O2. The summed E-state index contributed by atoms with van der Waals surface area (Å²) in [5.74, 6) is -0.217. The minimum atomic E-state index is -0.357. The topological polar surface area (TPSA) is 62.3 Å². The summed E-state index contributed by atoms with van der Waals surface area (Å²) in [6.07, 6.45) is 2.84. The molecule has 1 fully saturated rings. The maximum Gasteiger partial charge on any atom is 0.328 e. The van der Waals surface area contributed by atoms with Gasteiger partial charge in [0.25, 0.3) is 0 Å². The number of anilines is 1. The molecule has 1 aliphatic rings. The number of nitrogens with zero attached hydrogens (tertiary/aromatic N) is 2. The Bertz CT molecular complexity index is 431. The van der Waals surface area contributed by atoms with Gasteiger partial charge in [-0.05, 0) is 18.6 Å². The lowest BCUT2D eigenvalue weighted by Crippen LogP contribution is -2.49. The number of aryl methyl sites for hydroxylation is 1. The highest BCUT2D eigenvalue weighted by molar-refractivity contribution is 6.05. The Balaban J connectivity index is 2.23. The first-order valence-corrected chi connectivity index (χ1v) is 5.27. The van der Waals surface area contributed by atoms with Gasteiger partial charge in [0.1, 0.15) is 0 Å². The molecule has 1 aliphatic heterocycles. The van der Waals surface area contributed by atoms with E-state index in [9.17, 15) is 9.59 Å². The van der Waals surface area contributed by atoms with Gasteiger partial charge in [0, 0.05) is 30.5 Å². The van der Waals surface area contributed by atoms with Crippen molar-refractivity contribution >= 4 is 17.6 Å². The van der Waals surface area contributed by atoms with Crippen molar-refractivity contribution in [2.45, 2.75) is 19.8 Å². The van der Waals surface area contributed by atoms with Crippen molar-refractivity contribution < 1.29 is 9.59 Å². The van der Waals surface area contributed by atoms with Crippen LogP contribution in [0.2, 0.25) is 0 Å². The van der Waals surface area contributed by atoms with Crippen molar-refractivity contribution in [1.29, 1.82) is 0 Å². The zero-order chi connectivity index (χ0) is 11.5. The quantitative estimate of drug-likeness (QED) is 0.809. The van der Waals surface area contributed by atoms with E-state index in [-0.39, 0.29) is 11.9 Å². The molecule has 1 aromatic rings. The number of hydrogen-bond donors (Lipinski definition) is 1. The minimum Gasteiger partial charge on any atom is -0.294 e. The average molecular weight is 219 g/mol. The molecule has 1 saturated heterocycles. The highest BCUT2D eigenvalue weighted by Gasteiger charge is 2.24. The number of aromatic nitrogens is 1. The molecule has 0 spiro atoms. The molecule has 0 bridgehead atoms. The van der Waals surface area contributed by atoms with Gasteiger partial charge < -0.3 is 0 Å². The van der Waals surface area contributed by atoms with Crippen molar-refractivity contribution in [2.75, 3.05) is 11.4 Å². The lowest BCUT2D eigenvalue weighted by Gasteiger charge is -2.26. The fourth-order valence-electron chi connectivity index (χ4n) is 1.64. The molecule has 0 unspecified atom stereocenters. The van der Waals surface area contributed by atoms with Gasteiger partial charge in [0.2, 0.25) is 5.91 Å². The molecule has 5 nitrogen and oxygen atoms in total. The summed E-state index contributed by atoms with van der Waals surface area (Å²) in [4.78, 5) is 28.3. The molecule has 2 heterocycles. The van der Waals surface area contributed by atoms with E-state index < -0.39 is 0 Å². The Morgan fingerprint density at radius 2 is 2.31 bits per heavy atom. The Morgan fingerprint density at radius 3 is 3.00 bits per heavy atom. The average Bonchev–Trinajstić information content (AvgIpc) is 2.29. The van der Waals surface area contributed by atoms with E-state index in [0.29, 0.717) is 13.0 Å². The van der Waals surface area contributed by atoms with Gasteiger partial charge in [0.15, 0.2) is 0 Å². The first-order valence-electron chi connectivity index (χ1n) is 5.27. The molecule has 16 heavy (non-hydrogen) atoms. The number of pyridine rings is 1. The van der Waals surface area contributed by atoms with Crippen LogP contribution in [0.1, 0.15) is 19.0 Å². The summed E-state index contributed by atoms with van der Waals surface area (Å²) in [6.45, 7) is 2.43. The normalized spacial score (nSPS) is 16.2. The Hall–Kier alpha value is -1.91. The van der Waals surface area contributed by atoms with Crippen LogP contribution in [-0.4, -0.2) is 23.5 Å². The van der Waals surface area contributed by atoms with Crippen LogP contribution in [0, 0.1) is 0 Å². The predicted molar refractivity (Wildman–Crippen MR) is 59.1 cm³/mol. The number of urea groups is 1. The number of amides is 3. The first-order chi connectivity index (χ1) is 7.70. The van der Waals surface area contributed by atoms with E-state index in [1.165, 1.54) is 0 Å². The van der Waals surface area contributed by atoms with Crippen molar-refractivity contribution in [2.24, 2.45) is 0 Å². The van der Waals surface area contributed by atoms with Crippen LogP contribution in [0.3, 0.4) is 0 Å². The van der Waals surface area contributed by atoms with Crippen molar-refractivity contribution in [3.05, 3.63) is 24.0 Å². The molecule has 0 saturated carbocycles. The molecule has 0 aromatic carbocycles. The van der Waals surface area contributed by atoms with E-state index in [4.69, 9.17) is 0 Å². The van der Waals surface area contributed by atoms with Gasteiger partial charge in [-0.2, -0.15) is 0 Å². The maximum absolute atomic E-state index is 11.6. The van der Waals surface area contributed by atoms with Gasteiger partial charge in [-0.3, -0.25) is 20.0 Å². The molecule has 0 aliphatic carbocycles. The molecule has 2 rings (SSSR count). The number of imide groups is 1. The fourth-order valence-corrected chi connectivity index (χ4v) is 1.64. The third-order valence-electron chi connectivity index (χ3n) is 2.53. The van der Waals surface area contributed by atoms with Crippen LogP contribution in [0.25, 0.3) is 0 Å². The Morgan fingerprint density at radius 1 is 1.50 bits per heavy atom. The van der Waals surface area contributed by atoms with Crippen molar-refractivity contribution in [3.8, 4) is 0 Å². The SMILES string of the molecule is CCc1cc(N2CCC(=O)NC2=O)ccn1. The molecule has 5 heteroatoms. The van der Waals surface area contributed by atoms with Crippen molar-refractivity contribution in [3.63, 3.8) is 0 Å². The molecule has 0 radical (unpaired) electrons. The number of hydrogen-bond acceptors (Lipinski definition) is 3. The largest absolute Gasteiger partial charge is 0.328 e. The third kappa shape index (κ3) is 2.03. The smallest absolute Gasteiger partial charge is 0.294 e. The first kappa shape index (κ1) is 10.6. The third-order valence-corrected chi connectivity index (χ3v) is 2.53. The molecule has 0 atom stereocenters. The maximum atomic E-state index is 11.6. The Kier molecular flexibility index (Phi) is 2.85. The zero-order valence-electron chi connectivity index (χ0n) is 9.06. The van der Waals surface area contributed by atoms with Crippen LogP contribution in [0.4, 0.5) is 10.5 Å². The van der Waals surface area contributed by atoms with Crippen LogP contribution in [0.15, 0.2) is 18.3 Å². The van der Waals surface area contributed by atoms with E-state index >= 15 is 0 Å².